The van der Waals surface area contributed by atoms with Crippen LogP contribution in [0.1, 0.15) is 26.7 Å². The average Bonchev–Trinajstić information content (AvgIpc) is 2.58. The molecule has 0 aliphatic carbocycles. The van der Waals surface area contributed by atoms with E-state index in [4.69, 9.17) is 32.7 Å². The predicted molar refractivity (Wildman–Crippen MR) is 106 cm³/mol. The van der Waals surface area contributed by atoms with Gasteiger partial charge in [0.1, 0.15) is 11.5 Å². The van der Waals surface area contributed by atoms with Crippen LogP contribution in [-0.4, -0.2) is 19.8 Å². The topological polar surface area (TPSA) is 30.5 Å². The second kappa shape index (κ2) is 10.4. The number of nitrogens with one attached hydrogen (secondary N) is 1. The summed E-state index contributed by atoms with van der Waals surface area (Å²) in [6.07, 6.45) is 1.94. The molecule has 0 saturated heterocycles. The Hall–Kier alpha value is -1.58. The quantitative estimate of drug-likeness (QED) is 0.489. The summed E-state index contributed by atoms with van der Waals surface area (Å²) in [6, 6.07) is 13.3. The first-order valence-corrected chi connectivity index (χ1v) is 9.35. The Morgan fingerprint density at radius 3 is 2.60 bits per heavy atom. The maximum atomic E-state index is 6.08. The van der Waals surface area contributed by atoms with Gasteiger partial charge in [0, 0.05) is 23.3 Å². The van der Waals surface area contributed by atoms with Crippen molar-refractivity contribution in [2.45, 2.75) is 26.7 Å². The zero-order chi connectivity index (χ0) is 18.1. The number of hydrogen-bond donors (Lipinski definition) is 1. The van der Waals surface area contributed by atoms with Crippen LogP contribution in [0.5, 0.6) is 11.5 Å². The molecule has 0 radical (unpaired) electrons. The number of rotatable bonds is 10. The lowest BCUT2D eigenvalue weighted by Gasteiger charge is -2.11. The van der Waals surface area contributed by atoms with Crippen LogP contribution in [0.25, 0.3) is 0 Å². The Bertz CT molecular complexity index is 662. The summed E-state index contributed by atoms with van der Waals surface area (Å²) < 4.78 is 11.4. The molecule has 2 aromatic carbocycles. The van der Waals surface area contributed by atoms with Crippen molar-refractivity contribution < 1.29 is 9.47 Å². The van der Waals surface area contributed by atoms with Gasteiger partial charge in [-0.05, 0) is 49.1 Å². The summed E-state index contributed by atoms with van der Waals surface area (Å²) in [5.41, 5.74) is 1.07. The third-order valence-electron chi connectivity index (χ3n) is 3.47. The predicted octanol–water partition coefficient (Wildman–Crippen LogP) is 6.30. The molecule has 0 aromatic heterocycles. The molecule has 0 bridgehead atoms. The number of hydrogen-bond acceptors (Lipinski definition) is 3. The van der Waals surface area contributed by atoms with Crippen LogP contribution in [0, 0.1) is 5.92 Å². The van der Waals surface area contributed by atoms with Crippen molar-refractivity contribution in [1.29, 1.82) is 0 Å². The summed E-state index contributed by atoms with van der Waals surface area (Å²) in [7, 11) is 0. The standard InChI is InChI=1S/C20H25Cl2NO2/c1-15(2)14-25-18-7-5-6-17(13-18)23-10-3-4-11-24-20-9-8-16(21)12-19(20)22/h5-9,12-13,15,23H,3-4,10-11,14H2,1-2H3. The van der Waals surface area contributed by atoms with E-state index < -0.39 is 0 Å². The van der Waals surface area contributed by atoms with Crippen LogP contribution in [0.3, 0.4) is 0 Å². The Labute approximate surface area is 160 Å². The normalized spacial score (nSPS) is 10.8. The zero-order valence-electron chi connectivity index (χ0n) is 14.7. The van der Waals surface area contributed by atoms with Crippen LogP contribution < -0.4 is 14.8 Å². The zero-order valence-corrected chi connectivity index (χ0v) is 16.2. The Balaban J connectivity index is 1.65. The molecule has 0 unspecified atom stereocenters. The molecule has 0 aliphatic heterocycles. The molecule has 25 heavy (non-hydrogen) atoms. The first-order chi connectivity index (χ1) is 12.0. The second-order valence-electron chi connectivity index (χ2n) is 6.29. The van der Waals surface area contributed by atoms with Gasteiger partial charge in [0.25, 0.3) is 0 Å². The van der Waals surface area contributed by atoms with Gasteiger partial charge >= 0.3 is 0 Å². The number of ether oxygens (including phenoxy) is 2. The first-order valence-electron chi connectivity index (χ1n) is 8.59. The van der Waals surface area contributed by atoms with Crippen molar-refractivity contribution in [2.75, 3.05) is 25.1 Å². The third kappa shape index (κ3) is 7.45. The minimum absolute atomic E-state index is 0.519. The molecular formula is C20H25Cl2NO2. The SMILES string of the molecule is CC(C)COc1cccc(NCCCCOc2ccc(Cl)cc2Cl)c1. The summed E-state index contributed by atoms with van der Waals surface area (Å²) in [5, 5.41) is 4.57. The van der Waals surface area contributed by atoms with E-state index in [2.05, 4.69) is 19.2 Å². The van der Waals surface area contributed by atoms with Gasteiger partial charge < -0.3 is 14.8 Å². The molecular weight excluding hydrogens is 357 g/mol. The second-order valence-corrected chi connectivity index (χ2v) is 7.13. The van der Waals surface area contributed by atoms with Gasteiger partial charge in [0.15, 0.2) is 0 Å². The average molecular weight is 382 g/mol. The molecule has 0 amide bonds. The summed E-state index contributed by atoms with van der Waals surface area (Å²) in [4.78, 5) is 0. The van der Waals surface area contributed by atoms with Gasteiger partial charge in [0.2, 0.25) is 0 Å². The monoisotopic (exact) mass is 381 g/mol. The van der Waals surface area contributed by atoms with Crippen molar-refractivity contribution in [1.82, 2.24) is 0 Å². The van der Waals surface area contributed by atoms with Crippen LogP contribution >= 0.6 is 23.2 Å². The number of halogens is 2. The molecule has 0 fully saturated rings. The van der Waals surface area contributed by atoms with Crippen LogP contribution in [0.2, 0.25) is 10.0 Å². The lowest BCUT2D eigenvalue weighted by molar-refractivity contribution is 0.271. The van der Waals surface area contributed by atoms with E-state index in [0.29, 0.717) is 28.3 Å². The van der Waals surface area contributed by atoms with E-state index in [1.54, 1.807) is 18.2 Å². The lowest BCUT2D eigenvalue weighted by Crippen LogP contribution is -2.06. The minimum Gasteiger partial charge on any atom is -0.493 e. The third-order valence-corrected chi connectivity index (χ3v) is 4.00. The fourth-order valence-corrected chi connectivity index (χ4v) is 2.66. The van der Waals surface area contributed by atoms with E-state index in [0.717, 1.165) is 37.4 Å². The molecule has 0 heterocycles. The van der Waals surface area contributed by atoms with Crippen molar-refractivity contribution in [3.8, 4) is 11.5 Å². The highest BCUT2D eigenvalue weighted by atomic mass is 35.5. The van der Waals surface area contributed by atoms with Gasteiger partial charge in [0.05, 0.1) is 18.2 Å². The highest BCUT2D eigenvalue weighted by Crippen LogP contribution is 2.27. The Kier molecular flexibility index (Phi) is 8.23. The van der Waals surface area contributed by atoms with Gasteiger partial charge in [-0.1, -0.05) is 43.1 Å². The van der Waals surface area contributed by atoms with Gasteiger partial charge in [-0.2, -0.15) is 0 Å². The van der Waals surface area contributed by atoms with Crippen molar-refractivity contribution in [2.24, 2.45) is 5.92 Å². The number of unbranched alkanes of at least 4 members (excludes halogenated alkanes) is 1. The molecule has 0 aliphatic rings. The van der Waals surface area contributed by atoms with E-state index >= 15 is 0 Å². The highest BCUT2D eigenvalue weighted by Gasteiger charge is 2.02. The van der Waals surface area contributed by atoms with E-state index in [1.165, 1.54) is 0 Å². The van der Waals surface area contributed by atoms with Crippen LogP contribution in [0.4, 0.5) is 5.69 Å². The van der Waals surface area contributed by atoms with Crippen LogP contribution in [0.15, 0.2) is 42.5 Å². The van der Waals surface area contributed by atoms with Crippen molar-refractivity contribution in [3.05, 3.63) is 52.5 Å². The van der Waals surface area contributed by atoms with E-state index in [1.807, 2.05) is 24.3 Å². The molecule has 0 saturated carbocycles. The summed E-state index contributed by atoms with van der Waals surface area (Å²) in [6.45, 7) is 6.52. The van der Waals surface area contributed by atoms with Gasteiger partial charge in [-0.3, -0.25) is 0 Å². The maximum absolute atomic E-state index is 6.08. The van der Waals surface area contributed by atoms with Crippen molar-refractivity contribution >= 4 is 28.9 Å². The maximum Gasteiger partial charge on any atom is 0.137 e. The Morgan fingerprint density at radius 1 is 1.00 bits per heavy atom. The molecule has 0 spiro atoms. The Morgan fingerprint density at radius 2 is 1.84 bits per heavy atom. The van der Waals surface area contributed by atoms with Gasteiger partial charge in [-0.25, -0.2) is 0 Å². The van der Waals surface area contributed by atoms with E-state index in [9.17, 15) is 0 Å². The molecule has 1 N–H and O–H groups in total. The molecule has 0 atom stereocenters. The molecule has 3 nitrogen and oxygen atoms in total. The van der Waals surface area contributed by atoms with E-state index in [-0.39, 0.29) is 0 Å². The highest BCUT2D eigenvalue weighted by molar-refractivity contribution is 6.35. The minimum atomic E-state index is 0.519. The summed E-state index contributed by atoms with van der Waals surface area (Å²) in [5.74, 6) is 2.10. The molecule has 136 valence electrons. The molecule has 2 rings (SSSR count). The summed E-state index contributed by atoms with van der Waals surface area (Å²) >= 11 is 11.9. The number of anilines is 1. The number of benzene rings is 2. The first kappa shape index (κ1) is 19.7. The lowest BCUT2D eigenvalue weighted by atomic mass is 10.2. The molecule has 5 heteroatoms. The fraction of sp³-hybridized carbons (Fsp3) is 0.400. The smallest absolute Gasteiger partial charge is 0.137 e. The van der Waals surface area contributed by atoms with Gasteiger partial charge in [-0.15, -0.1) is 0 Å². The fourth-order valence-electron chi connectivity index (χ4n) is 2.19. The van der Waals surface area contributed by atoms with Crippen molar-refractivity contribution in [3.63, 3.8) is 0 Å². The largest absolute Gasteiger partial charge is 0.493 e. The van der Waals surface area contributed by atoms with Crippen LogP contribution in [-0.2, 0) is 0 Å². The molecule has 2 aromatic rings.